The number of nitrogens with one attached hydrogen (secondary N) is 2. The van der Waals surface area contributed by atoms with E-state index in [1.54, 1.807) is 28.8 Å². The van der Waals surface area contributed by atoms with Gasteiger partial charge in [-0.05, 0) is 31.9 Å². The minimum absolute atomic E-state index is 0.0153. The van der Waals surface area contributed by atoms with Gasteiger partial charge in [0.15, 0.2) is 11.0 Å². The number of benzene rings is 1. The molecule has 0 saturated heterocycles. The summed E-state index contributed by atoms with van der Waals surface area (Å²) in [5.74, 6) is 0.648. The molecule has 2 N–H and O–H groups in total. The molecule has 2 aromatic rings. The highest BCUT2D eigenvalue weighted by Gasteiger charge is 2.21. The zero-order chi connectivity index (χ0) is 20.1. The highest BCUT2D eigenvalue weighted by atomic mass is 35.5. The lowest BCUT2D eigenvalue weighted by molar-refractivity contribution is -0.119. The lowest BCUT2D eigenvalue weighted by atomic mass is 10.2. The molecule has 1 saturated carbocycles. The monoisotopic (exact) mass is 421 g/mol. The third kappa shape index (κ3) is 5.05. The van der Waals surface area contributed by atoms with E-state index < -0.39 is 0 Å². The Morgan fingerprint density at radius 2 is 2.00 bits per heavy atom. The molecule has 1 aromatic carbocycles. The molecule has 28 heavy (non-hydrogen) atoms. The number of hydrogen-bond donors (Lipinski definition) is 2. The van der Waals surface area contributed by atoms with E-state index in [1.807, 2.05) is 14.0 Å². The summed E-state index contributed by atoms with van der Waals surface area (Å²) in [6.45, 7) is 1.83. The van der Waals surface area contributed by atoms with Crippen molar-refractivity contribution in [2.45, 2.75) is 49.8 Å². The van der Waals surface area contributed by atoms with Crippen LogP contribution in [0.5, 0.6) is 0 Å². The Bertz CT molecular complexity index is 851. The number of carbonyl (C=O) groups excluding carboxylic acids is 2. The molecule has 0 spiro atoms. The van der Waals surface area contributed by atoms with E-state index in [0.29, 0.717) is 33.4 Å². The van der Waals surface area contributed by atoms with Crippen molar-refractivity contribution in [3.63, 3.8) is 0 Å². The topological polar surface area (TPSA) is 88.9 Å². The summed E-state index contributed by atoms with van der Waals surface area (Å²) in [6.07, 6.45) is 4.49. The van der Waals surface area contributed by atoms with Gasteiger partial charge in [-0.3, -0.25) is 9.59 Å². The Kier molecular flexibility index (Phi) is 6.96. The van der Waals surface area contributed by atoms with Crippen molar-refractivity contribution in [3.8, 4) is 0 Å². The molecule has 9 heteroatoms. The Labute approximate surface area is 173 Å². The largest absolute Gasteiger partial charge is 0.353 e. The maximum absolute atomic E-state index is 12.4. The van der Waals surface area contributed by atoms with E-state index in [4.69, 9.17) is 11.6 Å². The van der Waals surface area contributed by atoms with Gasteiger partial charge in [0.05, 0.1) is 22.4 Å². The minimum atomic E-state index is -0.358. The van der Waals surface area contributed by atoms with Gasteiger partial charge in [-0.25, -0.2) is 0 Å². The molecule has 0 radical (unpaired) electrons. The summed E-state index contributed by atoms with van der Waals surface area (Å²) < 4.78 is 1.80. The average molecular weight is 422 g/mol. The van der Waals surface area contributed by atoms with Gasteiger partial charge < -0.3 is 15.2 Å². The molecule has 3 rings (SSSR count). The van der Waals surface area contributed by atoms with E-state index in [0.717, 1.165) is 12.8 Å². The van der Waals surface area contributed by atoms with Gasteiger partial charge in [-0.2, -0.15) is 0 Å². The Morgan fingerprint density at radius 3 is 2.71 bits per heavy atom. The maximum atomic E-state index is 12.4. The number of nitrogens with zero attached hydrogens (tertiary/aromatic N) is 3. The van der Waals surface area contributed by atoms with Gasteiger partial charge in [0.25, 0.3) is 5.91 Å². The summed E-state index contributed by atoms with van der Waals surface area (Å²) in [6, 6.07) is 6.84. The Balaban J connectivity index is 1.56. The molecule has 1 atom stereocenters. The number of carbonyl (C=O) groups is 2. The molecule has 7 nitrogen and oxygen atoms in total. The third-order valence-electron chi connectivity index (χ3n) is 4.77. The number of aromatic nitrogens is 3. The van der Waals surface area contributed by atoms with Crippen molar-refractivity contribution in [1.29, 1.82) is 0 Å². The minimum Gasteiger partial charge on any atom is -0.353 e. The zero-order valence-electron chi connectivity index (χ0n) is 15.9. The molecular formula is C19H24ClN5O2S. The first kappa shape index (κ1) is 20.7. The van der Waals surface area contributed by atoms with Crippen LogP contribution >= 0.6 is 23.4 Å². The second-order valence-corrected chi connectivity index (χ2v) is 8.26. The molecule has 0 aliphatic heterocycles. The number of amides is 2. The summed E-state index contributed by atoms with van der Waals surface area (Å²) in [5, 5.41) is 15.3. The molecule has 0 bridgehead atoms. The van der Waals surface area contributed by atoms with E-state index in [2.05, 4.69) is 20.8 Å². The fraction of sp³-hybridized carbons (Fsp3) is 0.474. The van der Waals surface area contributed by atoms with E-state index >= 15 is 0 Å². The fourth-order valence-corrected chi connectivity index (χ4v) is 4.23. The lowest BCUT2D eigenvalue weighted by Gasteiger charge is -2.14. The third-order valence-corrected chi connectivity index (χ3v) is 6.12. The van der Waals surface area contributed by atoms with Gasteiger partial charge in [0, 0.05) is 13.1 Å². The summed E-state index contributed by atoms with van der Waals surface area (Å²) in [4.78, 5) is 24.5. The van der Waals surface area contributed by atoms with Crippen molar-refractivity contribution in [3.05, 3.63) is 40.7 Å². The summed E-state index contributed by atoms with van der Waals surface area (Å²) in [5.41, 5.74) is 0.413. The molecule has 2 amide bonds. The van der Waals surface area contributed by atoms with Gasteiger partial charge in [-0.1, -0.05) is 48.3 Å². The molecule has 1 aromatic heterocycles. The van der Waals surface area contributed by atoms with Crippen LogP contribution in [0.25, 0.3) is 0 Å². The quantitative estimate of drug-likeness (QED) is 0.670. The van der Waals surface area contributed by atoms with Gasteiger partial charge >= 0.3 is 0 Å². The predicted octanol–water partition coefficient (Wildman–Crippen LogP) is 3.11. The van der Waals surface area contributed by atoms with Crippen LogP contribution < -0.4 is 10.6 Å². The molecular weight excluding hydrogens is 398 g/mol. The molecule has 1 aliphatic carbocycles. The highest BCUT2D eigenvalue weighted by molar-refractivity contribution is 7.99. The van der Waals surface area contributed by atoms with Crippen molar-refractivity contribution < 1.29 is 9.59 Å². The second kappa shape index (κ2) is 9.43. The van der Waals surface area contributed by atoms with Gasteiger partial charge in [0.2, 0.25) is 5.91 Å². The van der Waals surface area contributed by atoms with Crippen molar-refractivity contribution in [2.75, 3.05) is 5.75 Å². The van der Waals surface area contributed by atoms with E-state index in [-0.39, 0.29) is 17.9 Å². The van der Waals surface area contributed by atoms with Crippen LogP contribution in [0.2, 0.25) is 5.02 Å². The van der Waals surface area contributed by atoms with Crippen LogP contribution in [0, 0.1) is 0 Å². The van der Waals surface area contributed by atoms with Crippen LogP contribution in [-0.4, -0.2) is 38.4 Å². The first-order valence-corrected chi connectivity index (χ1v) is 10.7. The first-order chi connectivity index (χ1) is 13.5. The SMILES string of the molecule is C[C@@H](NC(=O)c1ccccc1Cl)c1nnc(SCC(=O)NC2CCCC2)n1C. The second-order valence-electron chi connectivity index (χ2n) is 6.91. The van der Waals surface area contributed by atoms with Crippen LogP contribution in [0.15, 0.2) is 29.4 Å². The van der Waals surface area contributed by atoms with Crippen LogP contribution in [0.1, 0.15) is 54.8 Å². The fourth-order valence-electron chi connectivity index (χ4n) is 3.28. The molecule has 150 valence electrons. The van der Waals surface area contributed by atoms with E-state index in [9.17, 15) is 9.59 Å². The first-order valence-electron chi connectivity index (χ1n) is 9.32. The highest BCUT2D eigenvalue weighted by Crippen LogP contribution is 2.21. The van der Waals surface area contributed by atoms with Gasteiger partial charge in [-0.15, -0.1) is 10.2 Å². The predicted molar refractivity (Wildman–Crippen MR) is 109 cm³/mol. The van der Waals surface area contributed by atoms with Gasteiger partial charge in [0.1, 0.15) is 0 Å². The number of rotatable bonds is 7. The Hall–Kier alpha value is -2.06. The summed E-state index contributed by atoms with van der Waals surface area (Å²) in [7, 11) is 1.82. The Morgan fingerprint density at radius 1 is 1.29 bits per heavy atom. The van der Waals surface area contributed by atoms with E-state index in [1.165, 1.54) is 24.6 Å². The van der Waals surface area contributed by atoms with Crippen molar-refractivity contribution in [1.82, 2.24) is 25.4 Å². The number of hydrogen-bond acceptors (Lipinski definition) is 5. The van der Waals surface area contributed by atoms with Crippen LogP contribution in [-0.2, 0) is 11.8 Å². The van der Waals surface area contributed by atoms with Crippen molar-refractivity contribution in [2.24, 2.45) is 7.05 Å². The summed E-state index contributed by atoms with van der Waals surface area (Å²) >= 11 is 7.42. The van der Waals surface area contributed by atoms with Crippen molar-refractivity contribution >= 4 is 35.2 Å². The zero-order valence-corrected chi connectivity index (χ0v) is 17.5. The maximum Gasteiger partial charge on any atom is 0.253 e. The smallest absolute Gasteiger partial charge is 0.253 e. The van der Waals surface area contributed by atoms with Crippen LogP contribution in [0.4, 0.5) is 0 Å². The molecule has 0 unspecified atom stereocenters. The number of halogens is 1. The standard InChI is InChI=1S/C19H24ClN5O2S/c1-12(21-18(27)14-9-5-6-10-15(14)20)17-23-24-19(25(17)2)28-11-16(26)22-13-7-3-4-8-13/h5-6,9-10,12-13H,3-4,7-8,11H2,1-2H3,(H,21,27)(H,22,26)/t12-/m1/s1. The number of thioether (sulfide) groups is 1. The van der Waals surface area contributed by atoms with Crippen LogP contribution in [0.3, 0.4) is 0 Å². The lowest BCUT2D eigenvalue weighted by Crippen LogP contribution is -2.33. The normalized spacial score (nSPS) is 15.4. The molecule has 1 aliphatic rings. The molecule has 1 heterocycles. The average Bonchev–Trinajstić information content (AvgIpc) is 3.30. The molecule has 1 fully saturated rings.